The Hall–Kier alpha value is -1.82. The molecule has 18 heavy (non-hydrogen) atoms. The second-order valence-corrected chi connectivity index (χ2v) is 5.92. The summed E-state index contributed by atoms with van der Waals surface area (Å²) >= 11 is 0. The number of aryl methyl sites for hydroxylation is 1. The Bertz CT molecular complexity index is 578. The first-order chi connectivity index (χ1) is 8.46. The van der Waals surface area contributed by atoms with Gasteiger partial charge in [-0.1, -0.05) is 23.8 Å². The Labute approximate surface area is 106 Å². The molecule has 2 rings (SSSR count). The van der Waals surface area contributed by atoms with Crippen molar-refractivity contribution in [1.29, 1.82) is 0 Å². The van der Waals surface area contributed by atoms with Gasteiger partial charge < -0.3 is 5.32 Å². The summed E-state index contributed by atoms with van der Waals surface area (Å²) in [6, 6.07) is 5.24. The van der Waals surface area contributed by atoms with Gasteiger partial charge in [0.05, 0.1) is 10.9 Å². The number of carbonyl (C=O) groups is 1. The first-order valence-corrected chi connectivity index (χ1v) is 6.92. The largest absolute Gasteiger partial charge is 0.335 e. The molecular formula is C12H14N2O3S. The Kier molecular flexibility index (Phi) is 3.13. The van der Waals surface area contributed by atoms with E-state index in [1.807, 2.05) is 6.92 Å². The second-order valence-electron chi connectivity index (χ2n) is 4.10. The van der Waals surface area contributed by atoms with Gasteiger partial charge >= 0.3 is 6.03 Å². The Balaban J connectivity index is 2.44. The van der Waals surface area contributed by atoms with Gasteiger partial charge in [0, 0.05) is 6.54 Å². The molecule has 1 N–H and O–H groups in total. The van der Waals surface area contributed by atoms with Crippen LogP contribution in [-0.4, -0.2) is 31.3 Å². The molecule has 0 spiro atoms. The van der Waals surface area contributed by atoms with Gasteiger partial charge in [-0.25, -0.2) is 17.5 Å². The third kappa shape index (κ3) is 1.99. The molecular weight excluding hydrogens is 252 g/mol. The van der Waals surface area contributed by atoms with Crippen LogP contribution in [-0.2, 0) is 10.0 Å². The minimum Gasteiger partial charge on any atom is -0.335 e. The number of nitrogens with zero attached hydrogens (tertiary/aromatic N) is 1. The van der Waals surface area contributed by atoms with Gasteiger partial charge in [0.1, 0.15) is 0 Å². The highest BCUT2D eigenvalue weighted by Gasteiger charge is 2.38. The minimum atomic E-state index is -3.82. The number of rotatable bonds is 3. The van der Waals surface area contributed by atoms with Crippen LogP contribution in [0.2, 0.25) is 0 Å². The van der Waals surface area contributed by atoms with E-state index in [9.17, 15) is 13.2 Å². The maximum Gasteiger partial charge on any atom is 0.332 e. The van der Waals surface area contributed by atoms with E-state index in [4.69, 9.17) is 0 Å². The maximum atomic E-state index is 12.3. The van der Waals surface area contributed by atoms with Crippen LogP contribution in [0, 0.1) is 6.92 Å². The van der Waals surface area contributed by atoms with Crippen molar-refractivity contribution in [2.75, 3.05) is 6.54 Å². The number of sulfonamides is 1. The molecule has 0 saturated carbocycles. The third-order valence-electron chi connectivity index (χ3n) is 2.81. The summed E-state index contributed by atoms with van der Waals surface area (Å²) < 4.78 is 25.5. The summed E-state index contributed by atoms with van der Waals surface area (Å²) in [7, 11) is -3.82. The average Bonchev–Trinajstić information content (AvgIpc) is 2.71. The van der Waals surface area contributed by atoms with Crippen LogP contribution in [0.3, 0.4) is 0 Å². The lowest BCUT2D eigenvalue weighted by Crippen LogP contribution is -2.38. The van der Waals surface area contributed by atoms with Crippen molar-refractivity contribution in [3.8, 4) is 0 Å². The SMILES string of the molecule is C=C[C@H]1CNC(=O)N1S(=O)(=O)c1ccc(C)cc1. The molecule has 5 nitrogen and oxygen atoms in total. The van der Waals surface area contributed by atoms with E-state index < -0.39 is 22.1 Å². The molecule has 1 atom stereocenters. The first-order valence-electron chi connectivity index (χ1n) is 5.48. The van der Waals surface area contributed by atoms with Gasteiger partial charge in [0.15, 0.2) is 0 Å². The first kappa shape index (κ1) is 12.6. The van der Waals surface area contributed by atoms with Crippen LogP contribution >= 0.6 is 0 Å². The fraction of sp³-hybridized carbons (Fsp3) is 0.250. The Morgan fingerprint density at radius 1 is 1.39 bits per heavy atom. The van der Waals surface area contributed by atoms with E-state index in [1.54, 1.807) is 12.1 Å². The van der Waals surface area contributed by atoms with Crippen molar-refractivity contribution < 1.29 is 13.2 Å². The molecule has 0 unspecified atom stereocenters. The number of urea groups is 1. The molecule has 1 aliphatic heterocycles. The van der Waals surface area contributed by atoms with E-state index in [0.29, 0.717) is 0 Å². The van der Waals surface area contributed by atoms with Crippen molar-refractivity contribution in [2.24, 2.45) is 0 Å². The Morgan fingerprint density at radius 2 is 2.00 bits per heavy atom. The summed E-state index contributed by atoms with van der Waals surface area (Å²) in [6.45, 7) is 5.67. The quantitative estimate of drug-likeness (QED) is 0.838. The number of nitrogens with one attached hydrogen (secondary N) is 1. The van der Waals surface area contributed by atoms with E-state index in [1.165, 1.54) is 18.2 Å². The molecule has 1 fully saturated rings. The number of benzene rings is 1. The summed E-state index contributed by atoms with van der Waals surface area (Å²) in [4.78, 5) is 11.7. The standard InChI is InChI=1S/C12H14N2O3S/c1-3-10-8-13-12(15)14(10)18(16,17)11-6-4-9(2)5-7-11/h3-7,10H,1,8H2,2H3,(H,13,15)/t10-/m0/s1. The molecule has 1 aromatic rings. The summed E-state index contributed by atoms with van der Waals surface area (Å²) in [5.74, 6) is 0. The summed E-state index contributed by atoms with van der Waals surface area (Å²) in [5, 5.41) is 2.49. The molecule has 1 heterocycles. The van der Waals surface area contributed by atoms with Gasteiger partial charge in [0.25, 0.3) is 10.0 Å². The fourth-order valence-electron chi connectivity index (χ4n) is 1.79. The van der Waals surface area contributed by atoms with Crippen molar-refractivity contribution in [3.63, 3.8) is 0 Å². The predicted octanol–water partition coefficient (Wildman–Crippen LogP) is 1.26. The highest BCUT2D eigenvalue weighted by atomic mass is 32.2. The van der Waals surface area contributed by atoms with Crippen molar-refractivity contribution in [3.05, 3.63) is 42.5 Å². The van der Waals surface area contributed by atoms with E-state index in [2.05, 4.69) is 11.9 Å². The topological polar surface area (TPSA) is 66.5 Å². The number of amides is 2. The lowest BCUT2D eigenvalue weighted by atomic mass is 10.2. The van der Waals surface area contributed by atoms with Gasteiger partial charge in [-0.15, -0.1) is 6.58 Å². The number of carbonyl (C=O) groups excluding carboxylic acids is 1. The van der Waals surface area contributed by atoms with Crippen molar-refractivity contribution >= 4 is 16.1 Å². The van der Waals surface area contributed by atoms with E-state index in [-0.39, 0.29) is 11.4 Å². The maximum absolute atomic E-state index is 12.3. The summed E-state index contributed by atoms with van der Waals surface area (Å²) in [6.07, 6.45) is 1.45. The van der Waals surface area contributed by atoms with Crippen LogP contribution in [0.5, 0.6) is 0 Å². The van der Waals surface area contributed by atoms with Gasteiger partial charge in [0.2, 0.25) is 0 Å². The molecule has 6 heteroatoms. The highest BCUT2D eigenvalue weighted by molar-refractivity contribution is 7.89. The lowest BCUT2D eigenvalue weighted by molar-refractivity contribution is 0.233. The number of hydrogen-bond donors (Lipinski definition) is 1. The zero-order chi connectivity index (χ0) is 13.3. The Morgan fingerprint density at radius 3 is 2.56 bits per heavy atom. The van der Waals surface area contributed by atoms with Crippen LogP contribution in [0.4, 0.5) is 4.79 Å². The van der Waals surface area contributed by atoms with Crippen LogP contribution in [0.15, 0.2) is 41.8 Å². The normalized spacial score (nSPS) is 19.7. The highest BCUT2D eigenvalue weighted by Crippen LogP contribution is 2.21. The molecule has 1 aliphatic rings. The molecule has 1 aromatic carbocycles. The molecule has 0 bridgehead atoms. The van der Waals surface area contributed by atoms with Crippen LogP contribution < -0.4 is 5.32 Å². The smallest absolute Gasteiger partial charge is 0.332 e. The van der Waals surface area contributed by atoms with E-state index >= 15 is 0 Å². The minimum absolute atomic E-state index is 0.108. The molecule has 0 radical (unpaired) electrons. The predicted molar refractivity (Wildman–Crippen MR) is 67.6 cm³/mol. The van der Waals surface area contributed by atoms with E-state index in [0.717, 1.165) is 9.87 Å². The zero-order valence-corrected chi connectivity index (χ0v) is 10.8. The molecule has 1 saturated heterocycles. The van der Waals surface area contributed by atoms with Crippen LogP contribution in [0.1, 0.15) is 5.56 Å². The monoisotopic (exact) mass is 266 g/mol. The van der Waals surface area contributed by atoms with Gasteiger partial charge in [-0.3, -0.25) is 0 Å². The second kappa shape index (κ2) is 4.45. The third-order valence-corrected chi connectivity index (χ3v) is 4.64. The molecule has 0 aliphatic carbocycles. The van der Waals surface area contributed by atoms with Crippen molar-refractivity contribution in [2.45, 2.75) is 17.9 Å². The molecule has 96 valence electrons. The average molecular weight is 266 g/mol. The van der Waals surface area contributed by atoms with Crippen LogP contribution in [0.25, 0.3) is 0 Å². The zero-order valence-electron chi connectivity index (χ0n) is 9.96. The fourth-order valence-corrected chi connectivity index (χ4v) is 3.30. The van der Waals surface area contributed by atoms with Gasteiger partial charge in [-0.05, 0) is 19.1 Å². The molecule has 2 amide bonds. The van der Waals surface area contributed by atoms with Crippen molar-refractivity contribution in [1.82, 2.24) is 9.62 Å². The molecule has 0 aromatic heterocycles. The summed E-state index contributed by atoms with van der Waals surface area (Å²) in [5.41, 5.74) is 0.958. The lowest BCUT2D eigenvalue weighted by Gasteiger charge is -2.20. The number of hydrogen-bond acceptors (Lipinski definition) is 3. The van der Waals surface area contributed by atoms with Gasteiger partial charge in [-0.2, -0.15) is 0 Å².